The van der Waals surface area contributed by atoms with Gasteiger partial charge in [0.2, 0.25) is 0 Å². The molecule has 0 fully saturated rings. The van der Waals surface area contributed by atoms with E-state index in [1.807, 2.05) is 12.1 Å². The first kappa shape index (κ1) is 16.7. The molecule has 0 atom stereocenters. The van der Waals surface area contributed by atoms with Gasteiger partial charge >= 0.3 is 51.4 Å². The smallest absolute Gasteiger partial charge is 0.872 e. The number of rotatable bonds is 7. The second-order valence-electron chi connectivity index (χ2n) is 4.16. The van der Waals surface area contributed by atoms with Crippen molar-refractivity contribution in [3.8, 4) is 5.75 Å². The molecule has 2 heteroatoms. The van der Waals surface area contributed by atoms with E-state index in [4.69, 9.17) is 0 Å². The van der Waals surface area contributed by atoms with Crippen LogP contribution in [0, 0.1) is 0 Å². The molecule has 16 heavy (non-hydrogen) atoms. The van der Waals surface area contributed by atoms with E-state index >= 15 is 0 Å². The van der Waals surface area contributed by atoms with Gasteiger partial charge in [0.15, 0.2) is 0 Å². The van der Waals surface area contributed by atoms with E-state index in [2.05, 4.69) is 6.92 Å². The Hall–Kier alpha value is 0.656. The van der Waals surface area contributed by atoms with Crippen LogP contribution >= 0.6 is 0 Å². The molecule has 0 N–H and O–H groups in total. The van der Waals surface area contributed by atoms with Gasteiger partial charge in [0.05, 0.1) is 0 Å². The van der Waals surface area contributed by atoms with Gasteiger partial charge in [0.25, 0.3) is 0 Å². The van der Waals surface area contributed by atoms with Crippen molar-refractivity contribution in [2.45, 2.75) is 51.9 Å². The van der Waals surface area contributed by atoms with E-state index in [1.165, 1.54) is 44.1 Å². The molecule has 0 spiro atoms. The topological polar surface area (TPSA) is 23.1 Å². The molecule has 0 saturated carbocycles. The van der Waals surface area contributed by atoms with Crippen molar-refractivity contribution in [2.75, 3.05) is 0 Å². The maximum atomic E-state index is 10.9. The van der Waals surface area contributed by atoms with Crippen LogP contribution in [0.2, 0.25) is 0 Å². The van der Waals surface area contributed by atoms with Gasteiger partial charge in [-0.1, -0.05) is 63.3 Å². The first-order chi connectivity index (χ1) is 7.33. The molecule has 0 aliphatic carbocycles. The van der Waals surface area contributed by atoms with Crippen molar-refractivity contribution >= 4 is 0 Å². The second-order valence-corrected chi connectivity index (χ2v) is 4.16. The zero-order chi connectivity index (χ0) is 10.9. The largest absolute Gasteiger partial charge is 1.00 e. The molecule has 0 saturated heterocycles. The van der Waals surface area contributed by atoms with E-state index < -0.39 is 0 Å². The molecule has 0 aromatic heterocycles. The molecular weight excluding hydrogens is 223 g/mol. The summed E-state index contributed by atoms with van der Waals surface area (Å²) in [5, 5.41) is 10.9. The summed E-state index contributed by atoms with van der Waals surface area (Å²) in [6.07, 6.45) is 9.09. The molecule has 0 bridgehead atoms. The van der Waals surface area contributed by atoms with E-state index in [-0.39, 0.29) is 57.1 Å². The summed E-state index contributed by atoms with van der Waals surface area (Å²) < 4.78 is 0. The minimum absolute atomic E-state index is 0. The Kier molecular flexibility index (Phi) is 11.2. The summed E-state index contributed by atoms with van der Waals surface area (Å²) in [5.74, 6) is 0.113. The predicted octanol–water partition coefficient (Wildman–Crippen LogP) is 0.667. The average molecular weight is 244 g/mol. The van der Waals surface area contributed by atoms with Crippen LogP contribution < -0.4 is 56.5 Å². The van der Waals surface area contributed by atoms with E-state index in [9.17, 15) is 5.11 Å². The van der Waals surface area contributed by atoms with Crippen LogP contribution in [-0.2, 0) is 6.42 Å². The fourth-order valence-corrected chi connectivity index (χ4v) is 1.77. The molecule has 1 aromatic rings. The van der Waals surface area contributed by atoms with Crippen molar-refractivity contribution in [3.05, 3.63) is 29.8 Å². The monoisotopic (exact) mass is 244 g/mol. The standard InChI is InChI=1S/C14H22O.K/c1-2-3-4-5-6-7-8-13-9-11-14(15)12-10-13;/h9-12,15H,2-8H2,1H3;/q;+1/p-1. The molecule has 0 heterocycles. The first-order valence-electron chi connectivity index (χ1n) is 6.09. The van der Waals surface area contributed by atoms with Crippen LogP contribution in [0.25, 0.3) is 0 Å². The molecule has 0 aliphatic heterocycles. The minimum Gasteiger partial charge on any atom is -0.872 e. The summed E-state index contributed by atoms with van der Waals surface area (Å²) in [7, 11) is 0. The van der Waals surface area contributed by atoms with Gasteiger partial charge < -0.3 is 5.11 Å². The quantitative estimate of drug-likeness (QED) is 0.511. The Morgan fingerprint density at radius 1 is 0.875 bits per heavy atom. The molecule has 84 valence electrons. The first-order valence-corrected chi connectivity index (χ1v) is 6.09. The number of hydrogen-bond donors (Lipinski definition) is 0. The molecule has 1 nitrogen and oxygen atoms in total. The fourth-order valence-electron chi connectivity index (χ4n) is 1.77. The predicted molar refractivity (Wildman–Crippen MR) is 63.0 cm³/mol. The summed E-state index contributed by atoms with van der Waals surface area (Å²) in [5.41, 5.74) is 1.30. The number of hydrogen-bond acceptors (Lipinski definition) is 1. The Bertz CT molecular complexity index is 256. The molecule has 0 amide bonds. The molecule has 1 aromatic carbocycles. The van der Waals surface area contributed by atoms with Crippen LogP contribution in [0.1, 0.15) is 51.0 Å². The van der Waals surface area contributed by atoms with E-state index in [0.29, 0.717) is 0 Å². The van der Waals surface area contributed by atoms with Gasteiger partial charge in [0.1, 0.15) is 0 Å². The minimum atomic E-state index is 0. The SMILES string of the molecule is CCCCCCCCc1ccc([O-])cc1.[K+]. The van der Waals surface area contributed by atoms with Crippen molar-refractivity contribution < 1.29 is 56.5 Å². The summed E-state index contributed by atoms with van der Waals surface area (Å²) >= 11 is 0. The fraction of sp³-hybridized carbons (Fsp3) is 0.571. The Morgan fingerprint density at radius 3 is 2.06 bits per heavy atom. The second kappa shape index (κ2) is 10.8. The van der Waals surface area contributed by atoms with Gasteiger partial charge in [0, 0.05) is 0 Å². The van der Waals surface area contributed by atoms with Gasteiger partial charge in [-0.2, -0.15) is 0 Å². The Morgan fingerprint density at radius 2 is 1.44 bits per heavy atom. The maximum Gasteiger partial charge on any atom is 1.00 e. The van der Waals surface area contributed by atoms with Crippen LogP contribution in [0.4, 0.5) is 0 Å². The van der Waals surface area contributed by atoms with Crippen LogP contribution in [0.5, 0.6) is 5.75 Å². The number of benzene rings is 1. The number of aryl methyl sites for hydroxylation is 1. The molecule has 0 unspecified atom stereocenters. The van der Waals surface area contributed by atoms with Crippen LogP contribution in [0.3, 0.4) is 0 Å². The summed E-state index contributed by atoms with van der Waals surface area (Å²) in [4.78, 5) is 0. The van der Waals surface area contributed by atoms with Gasteiger partial charge in [-0.3, -0.25) is 0 Å². The third-order valence-electron chi connectivity index (χ3n) is 2.74. The zero-order valence-electron chi connectivity index (χ0n) is 10.7. The van der Waals surface area contributed by atoms with Gasteiger partial charge in [-0.05, 0) is 18.4 Å². The summed E-state index contributed by atoms with van der Waals surface area (Å²) in [6.45, 7) is 2.24. The number of unbranched alkanes of at least 4 members (excludes halogenated alkanes) is 5. The molecule has 0 radical (unpaired) electrons. The maximum absolute atomic E-state index is 10.9. The van der Waals surface area contributed by atoms with Crippen molar-refractivity contribution in [1.82, 2.24) is 0 Å². The third-order valence-corrected chi connectivity index (χ3v) is 2.74. The van der Waals surface area contributed by atoms with Crippen LogP contribution in [0.15, 0.2) is 24.3 Å². The Balaban J connectivity index is 0.00000225. The normalized spacial score (nSPS) is 9.81. The van der Waals surface area contributed by atoms with Crippen molar-refractivity contribution in [2.24, 2.45) is 0 Å². The Labute approximate surface area is 142 Å². The van der Waals surface area contributed by atoms with Crippen LogP contribution in [-0.4, -0.2) is 0 Å². The summed E-state index contributed by atoms with van der Waals surface area (Å²) in [6, 6.07) is 7.22. The molecule has 1 rings (SSSR count). The average Bonchev–Trinajstić information content (AvgIpc) is 2.26. The van der Waals surface area contributed by atoms with E-state index in [0.717, 1.165) is 6.42 Å². The van der Waals surface area contributed by atoms with Crippen molar-refractivity contribution in [1.29, 1.82) is 0 Å². The zero-order valence-corrected chi connectivity index (χ0v) is 13.8. The van der Waals surface area contributed by atoms with Gasteiger partial charge in [-0.25, -0.2) is 0 Å². The molecule has 0 aliphatic rings. The molecular formula is C14H21KO. The van der Waals surface area contributed by atoms with Gasteiger partial charge in [-0.15, -0.1) is 5.75 Å². The van der Waals surface area contributed by atoms with E-state index in [1.54, 1.807) is 12.1 Å². The third kappa shape index (κ3) is 7.85. The van der Waals surface area contributed by atoms with Crippen molar-refractivity contribution in [3.63, 3.8) is 0 Å².